The summed E-state index contributed by atoms with van der Waals surface area (Å²) in [6.07, 6.45) is 6.03. The Morgan fingerprint density at radius 1 is 1.39 bits per heavy atom. The van der Waals surface area contributed by atoms with Gasteiger partial charge in [0, 0.05) is 37.5 Å². The smallest absolute Gasteiger partial charge is 0.219 e. The summed E-state index contributed by atoms with van der Waals surface area (Å²) in [5.41, 5.74) is 2.91. The SMILES string of the molecule is CC(=O)N1CCCC(c2nc(-c3cnc4ccccn34)cs2)C1. The molecule has 1 unspecified atom stereocenters. The number of hydrogen-bond acceptors (Lipinski definition) is 4. The van der Waals surface area contributed by atoms with Crippen molar-refractivity contribution in [3.8, 4) is 11.4 Å². The number of likely N-dealkylation sites (tertiary alicyclic amines) is 1. The van der Waals surface area contributed by atoms with Gasteiger partial charge in [-0.25, -0.2) is 9.97 Å². The van der Waals surface area contributed by atoms with E-state index in [-0.39, 0.29) is 5.91 Å². The Bertz CT molecular complexity index is 853. The Hall–Kier alpha value is -2.21. The number of carbonyl (C=O) groups excluding carboxylic acids is 1. The van der Waals surface area contributed by atoms with Gasteiger partial charge in [-0.2, -0.15) is 0 Å². The second-order valence-corrected chi connectivity index (χ2v) is 6.84. The predicted octanol–water partition coefficient (Wildman–Crippen LogP) is 3.18. The van der Waals surface area contributed by atoms with Crippen LogP contribution in [0.2, 0.25) is 0 Å². The highest BCUT2D eigenvalue weighted by atomic mass is 32.1. The maximum atomic E-state index is 11.6. The Morgan fingerprint density at radius 2 is 2.30 bits per heavy atom. The maximum absolute atomic E-state index is 11.6. The number of carbonyl (C=O) groups is 1. The molecule has 1 saturated heterocycles. The summed E-state index contributed by atoms with van der Waals surface area (Å²) in [5, 5.41) is 3.22. The van der Waals surface area contributed by atoms with Crippen LogP contribution in [0.25, 0.3) is 17.0 Å². The largest absolute Gasteiger partial charge is 0.342 e. The number of thiazole rings is 1. The molecule has 1 fully saturated rings. The van der Waals surface area contributed by atoms with Gasteiger partial charge in [0.15, 0.2) is 0 Å². The molecule has 0 N–H and O–H groups in total. The van der Waals surface area contributed by atoms with E-state index in [2.05, 4.69) is 14.8 Å². The third-order valence-corrected chi connectivity index (χ3v) is 5.42. The van der Waals surface area contributed by atoms with Crippen molar-refractivity contribution in [1.29, 1.82) is 0 Å². The Balaban J connectivity index is 1.63. The number of amides is 1. The molecule has 0 aromatic carbocycles. The van der Waals surface area contributed by atoms with Gasteiger partial charge in [-0.05, 0) is 25.0 Å². The lowest BCUT2D eigenvalue weighted by atomic mass is 9.99. The van der Waals surface area contributed by atoms with Crippen LogP contribution >= 0.6 is 11.3 Å². The molecule has 1 aliphatic heterocycles. The molecule has 5 nitrogen and oxygen atoms in total. The maximum Gasteiger partial charge on any atom is 0.219 e. The van der Waals surface area contributed by atoms with Crippen molar-refractivity contribution in [2.45, 2.75) is 25.7 Å². The number of piperidine rings is 1. The fraction of sp³-hybridized carbons (Fsp3) is 0.353. The van der Waals surface area contributed by atoms with E-state index in [1.54, 1.807) is 18.3 Å². The van der Waals surface area contributed by atoms with E-state index < -0.39 is 0 Å². The molecule has 4 heterocycles. The molecule has 0 aliphatic carbocycles. The molecule has 3 aromatic heterocycles. The Kier molecular flexibility index (Phi) is 3.61. The molecule has 0 saturated carbocycles. The summed E-state index contributed by atoms with van der Waals surface area (Å²) in [4.78, 5) is 22.8. The lowest BCUT2D eigenvalue weighted by Gasteiger charge is -2.30. The minimum atomic E-state index is 0.160. The van der Waals surface area contributed by atoms with Gasteiger partial charge in [0.1, 0.15) is 5.65 Å². The Morgan fingerprint density at radius 3 is 3.17 bits per heavy atom. The molecule has 1 aliphatic rings. The van der Waals surface area contributed by atoms with Crippen molar-refractivity contribution < 1.29 is 4.79 Å². The lowest BCUT2D eigenvalue weighted by Crippen LogP contribution is -2.37. The van der Waals surface area contributed by atoms with Gasteiger partial charge in [0.2, 0.25) is 5.91 Å². The van der Waals surface area contributed by atoms with Gasteiger partial charge in [-0.15, -0.1) is 11.3 Å². The van der Waals surface area contributed by atoms with Crippen LogP contribution < -0.4 is 0 Å². The normalized spacial score (nSPS) is 18.5. The van der Waals surface area contributed by atoms with Gasteiger partial charge >= 0.3 is 0 Å². The number of imidazole rings is 1. The molecular weight excluding hydrogens is 308 g/mol. The molecular formula is C17H18N4OS. The van der Waals surface area contributed by atoms with Crippen molar-refractivity contribution in [3.05, 3.63) is 41.0 Å². The summed E-state index contributed by atoms with van der Waals surface area (Å²) in [7, 11) is 0. The highest BCUT2D eigenvalue weighted by Gasteiger charge is 2.25. The molecule has 118 valence electrons. The third-order valence-electron chi connectivity index (χ3n) is 4.42. The van der Waals surface area contributed by atoms with Gasteiger partial charge in [-0.1, -0.05) is 6.07 Å². The molecule has 23 heavy (non-hydrogen) atoms. The highest BCUT2D eigenvalue weighted by Crippen LogP contribution is 2.32. The minimum Gasteiger partial charge on any atom is -0.342 e. The summed E-state index contributed by atoms with van der Waals surface area (Å²) in [6.45, 7) is 3.31. The predicted molar refractivity (Wildman–Crippen MR) is 90.5 cm³/mol. The van der Waals surface area contributed by atoms with Crippen molar-refractivity contribution in [1.82, 2.24) is 19.3 Å². The summed E-state index contributed by atoms with van der Waals surface area (Å²) < 4.78 is 2.06. The molecule has 0 spiro atoms. The monoisotopic (exact) mass is 326 g/mol. The number of pyridine rings is 1. The van der Waals surface area contributed by atoms with Crippen LogP contribution in [0.1, 0.15) is 30.7 Å². The summed E-state index contributed by atoms with van der Waals surface area (Å²) in [6, 6.07) is 5.97. The molecule has 1 atom stereocenters. The number of rotatable bonds is 2. The average molecular weight is 326 g/mol. The first-order valence-corrected chi connectivity index (χ1v) is 8.74. The van der Waals surface area contributed by atoms with Crippen LogP contribution in [-0.2, 0) is 4.79 Å². The van der Waals surface area contributed by atoms with Crippen molar-refractivity contribution in [3.63, 3.8) is 0 Å². The first kappa shape index (κ1) is 14.4. The van der Waals surface area contributed by atoms with Crippen LogP contribution in [0.15, 0.2) is 36.0 Å². The van der Waals surface area contributed by atoms with Crippen LogP contribution in [0.4, 0.5) is 0 Å². The molecule has 0 radical (unpaired) electrons. The number of hydrogen-bond donors (Lipinski definition) is 0. The Labute approximate surface area is 138 Å². The summed E-state index contributed by atoms with van der Waals surface area (Å²) in [5.74, 6) is 0.513. The quantitative estimate of drug-likeness (QED) is 0.727. The van der Waals surface area contributed by atoms with Crippen LogP contribution in [0, 0.1) is 0 Å². The van der Waals surface area contributed by atoms with Crippen molar-refractivity contribution in [2.24, 2.45) is 0 Å². The zero-order valence-electron chi connectivity index (χ0n) is 13.0. The number of aromatic nitrogens is 3. The van der Waals surface area contributed by atoms with Gasteiger partial charge < -0.3 is 4.90 Å². The fourth-order valence-electron chi connectivity index (χ4n) is 3.18. The summed E-state index contributed by atoms with van der Waals surface area (Å²) >= 11 is 1.69. The fourth-order valence-corrected chi connectivity index (χ4v) is 4.12. The zero-order chi connectivity index (χ0) is 15.8. The molecule has 3 aromatic rings. The lowest BCUT2D eigenvalue weighted by molar-refractivity contribution is -0.130. The van der Waals surface area contributed by atoms with E-state index in [4.69, 9.17) is 4.98 Å². The molecule has 4 rings (SSSR count). The highest BCUT2D eigenvalue weighted by molar-refractivity contribution is 7.10. The third kappa shape index (κ3) is 2.63. The van der Waals surface area contributed by atoms with E-state index in [1.807, 2.05) is 35.5 Å². The van der Waals surface area contributed by atoms with E-state index in [0.29, 0.717) is 5.92 Å². The first-order chi connectivity index (χ1) is 11.2. The second kappa shape index (κ2) is 5.77. The van der Waals surface area contributed by atoms with E-state index in [0.717, 1.165) is 48.0 Å². The van der Waals surface area contributed by atoms with E-state index in [9.17, 15) is 4.79 Å². The number of nitrogens with zero attached hydrogens (tertiary/aromatic N) is 4. The zero-order valence-corrected chi connectivity index (χ0v) is 13.8. The van der Waals surface area contributed by atoms with Gasteiger partial charge in [-0.3, -0.25) is 9.20 Å². The topological polar surface area (TPSA) is 50.5 Å². The van der Waals surface area contributed by atoms with Crippen LogP contribution in [0.5, 0.6) is 0 Å². The number of fused-ring (bicyclic) bond motifs is 1. The molecule has 1 amide bonds. The van der Waals surface area contributed by atoms with E-state index >= 15 is 0 Å². The van der Waals surface area contributed by atoms with Crippen LogP contribution in [-0.4, -0.2) is 38.3 Å². The van der Waals surface area contributed by atoms with Crippen molar-refractivity contribution >= 4 is 22.9 Å². The average Bonchev–Trinajstić information content (AvgIpc) is 3.21. The standard InChI is InChI=1S/C17H18N4OS/c1-12(22)20-7-4-5-13(10-20)17-19-14(11-23-17)15-9-18-16-6-2-3-8-21(15)16/h2-3,6,8-9,11,13H,4-5,7,10H2,1H3. The van der Waals surface area contributed by atoms with Crippen molar-refractivity contribution in [2.75, 3.05) is 13.1 Å². The minimum absolute atomic E-state index is 0.160. The van der Waals surface area contributed by atoms with Crippen LogP contribution in [0.3, 0.4) is 0 Å². The first-order valence-electron chi connectivity index (χ1n) is 7.86. The van der Waals surface area contributed by atoms with Gasteiger partial charge in [0.05, 0.1) is 22.6 Å². The molecule has 6 heteroatoms. The van der Waals surface area contributed by atoms with Gasteiger partial charge in [0.25, 0.3) is 0 Å². The van der Waals surface area contributed by atoms with E-state index in [1.165, 1.54) is 0 Å². The second-order valence-electron chi connectivity index (χ2n) is 5.95. The molecule has 0 bridgehead atoms.